The zero-order valence-corrected chi connectivity index (χ0v) is 15.2. The maximum atomic E-state index is 13.4. The summed E-state index contributed by atoms with van der Waals surface area (Å²) in [7, 11) is 0. The van der Waals surface area contributed by atoms with Gasteiger partial charge in [0, 0.05) is 17.1 Å². The van der Waals surface area contributed by atoms with Crippen molar-refractivity contribution in [1.29, 1.82) is 0 Å². The monoisotopic (exact) mass is 340 g/mol. The Morgan fingerprint density at radius 1 is 0.885 bits per heavy atom. The number of rotatable bonds is 6. The van der Waals surface area contributed by atoms with Crippen molar-refractivity contribution in [3.05, 3.63) is 89.5 Å². The van der Waals surface area contributed by atoms with Crippen LogP contribution in [0.4, 0.5) is 0 Å². The summed E-state index contributed by atoms with van der Waals surface area (Å²) in [5, 5.41) is 2.15. The van der Waals surface area contributed by atoms with Crippen LogP contribution in [0, 0.1) is 0 Å². The molecule has 1 unspecified atom stereocenters. The zero-order valence-electron chi connectivity index (χ0n) is 15.2. The molecule has 0 bridgehead atoms. The van der Waals surface area contributed by atoms with Crippen LogP contribution in [0.15, 0.2) is 72.8 Å². The van der Waals surface area contributed by atoms with E-state index >= 15 is 0 Å². The molecule has 0 radical (unpaired) electrons. The molecule has 1 aliphatic rings. The highest BCUT2D eigenvalue weighted by atomic mass is 16.1. The van der Waals surface area contributed by atoms with Gasteiger partial charge in [-0.3, -0.25) is 4.79 Å². The van der Waals surface area contributed by atoms with Crippen molar-refractivity contribution in [3.63, 3.8) is 0 Å². The first kappa shape index (κ1) is 16.8. The van der Waals surface area contributed by atoms with Gasteiger partial charge >= 0.3 is 0 Å². The fraction of sp³-hybridized carbons (Fsp3) is 0.240. The van der Waals surface area contributed by atoms with Crippen LogP contribution >= 0.6 is 0 Å². The Kier molecular flexibility index (Phi) is 4.71. The summed E-state index contributed by atoms with van der Waals surface area (Å²) < 4.78 is 0. The molecule has 1 nitrogen and oxygen atoms in total. The summed E-state index contributed by atoms with van der Waals surface area (Å²) in [6.07, 6.45) is 7.02. The normalized spacial score (nSPS) is 15.7. The van der Waals surface area contributed by atoms with Crippen LogP contribution < -0.4 is 0 Å². The van der Waals surface area contributed by atoms with E-state index < -0.39 is 0 Å². The van der Waals surface area contributed by atoms with Crippen molar-refractivity contribution < 1.29 is 4.79 Å². The van der Waals surface area contributed by atoms with Gasteiger partial charge in [0.25, 0.3) is 0 Å². The minimum atomic E-state index is 0.146. The molecule has 130 valence electrons. The van der Waals surface area contributed by atoms with E-state index in [4.69, 9.17) is 0 Å². The Morgan fingerprint density at radius 2 is 1.65 bits per heavy atom. The van der Waals surface area contributed by atoms with Gasteiger partial charge in [-0.05, 0) is 28.3 Å². The molecule has 0 amide bonds. The van der Waals surface area contributed by atoms with Gasteiger partial charge < -0.3 is 0 Å². The van der Waals surface area contributed by atoms with Crippen molar-refractivity contribution in [2.45, 2.75) is 38.5 Å². The molecule has 0 spiro atoms. The molecule has 1 heteroatoms. The average Bonchev–Trinajstić information content (AvgIpc) is 3.06. The summed E-state index contributed by atoms with van der Waals surface area (Å²) in [6, 6.07) is 22.6. The molecule has 0 fully saturated rings. The molecular weight excluding hydrogens is 316 g/mol. The fourth-order valence-corrected chi connectivity index (χ4v) is 4.07. The SMILES string of the molecule is CCCCCC1C=C(C(=O)c2cccc3ccccc23)c2ccccc21. The summed E-state index contributed by atoms with van der Waals surface area (Å²) in [5.74, 6) is 0.513. The van der Waals surface area contributed by atoms with Gasteiger partial charge in [0.2, 0.25) is 0 Å². The van der Waals surface area contributed by atoms with E-state index in [1.165, 1.54) is 24.8 Å². The Balaban J connectivity index is 1.74. The van der Waals surface area contributed by atoms with Gasteiger partial charge in [-0.15, -0.1) is 0 Å². The lowest BCUT2D eigenvalue weighted by Gasteiger charge is -2.10. The van der Waals surface area contributed by atoms with Gasteiger partial charge in [-0.1, -0.05) is 99.0 Å². The van der Waals surface area contributed by atoms with Crippen LogP contribution in [-0.4, -0.2) is 5.78 Å². The third kappa shape index (κ3) is 2.99. The number of benzene rings is 3. The van der Waals surface area contributed by atoms with E-state index in [0.717, 1.165) is 33.9 Å². The lowest BCUT2D eigenvalue weighted by Crippen LogP contribution is -2.02. The quantitative estimate of drug-likeness (QED) is 0.357. The molecular formula is C25H24O. The largest absolute Gasteiger partial charge is 0.289 e. The number of unbranched alkanes of at least 4 members (excludes halogenated alkanes) is 2. The van der Waals surface area contributed by atoms with Crippen LogP contribution in [0.3, 0.4) is 0 Å². The molecule has 3 aromatic rings. The van der Waals surface area contributed by atoms with Gasteiger partial charge in [0.15, 0.2) is 5.78 Å². The molecule has 0 N–H and O–H groups in total. The van der Waals surface area contributed by atoms with Crippen LogP contribution in [0.2, 0.25) is 0 Å². The molecule has 0 saturated carbocycles. The van der Waals surface area contributed by atoms with Gasteiger partial charge in [0.05, 0.1) is 0 Å². The van der Waals surface area contributed by atoms with Gasteiger partial charge in [-0.2, -0.15) is 0 Å². The van der Waals surface area contributed by atoms with E-state index in [2.05, 4.69) is 43.3 Å². The highest BCUT2D eigenvalue weighted by Gasteiger charge is 2.27. The first-order valence-corrected chi connectivity index (χ1v) is 9.63. The molecule has 4 rings (SSSR count). The predicted molar refractivity (Wildman–Crippen MR) is 110 cm³/mol. The molecule has 26 heavy (non-hydrogen) atoms. The average molecular weight is 340 g/mol. The number of ketones is 1. The van der Waals surface area contributed by atoms with Crippen LogP contribution in [0.25, 0.3) is 16.3 Å². The topological polar surface area (TPSA) is 17.1 Å². The third-order valence-electron chi connectivity index (χ3n) is 5.42. The molecule has 0 aromatic heterocycles. The predicted octanol–water partition coefficient (Wildman–Crippen LogP) is 6.78. The van der Waals surface area contributed by atoms with Crippen molar-refractivity contribution in [2.75, 3.05) is 0 Å². The molecule has 1 atom stereocenters. The van der Waals surface area contributed by atoms with E-state index in [1.807, 2.05) is 36.4 Å². The number of allylic oxidation sites excluding steroid dienone is 2. The number of carbonyl (C=O) groups excluding carboxylic acids is 1. The van der Waals surface area contributed by atoms with Crippen LogP contribution in [0.1, 0.15) is 60.0 Å². The first-order chi connectivity index (χ1) is 12.8. The second kappa shape index (κ2) is 7.29. The van der Waals surface area contributed by atoms with E-state index in [9.17, 15) is 4.79 Å². The van der Waals surface area contributed by atoms with Crippen molar-refractivity contribution in [2.24, 2.45) is 0 Å². The van der Waals surface area contributed by atoms with Crippen molar-refractivity contribution in [3.8, 4) is 0 Å². The molecule has 3 aromatic carbocycles. The standard InChI is InChI=1S/C25H24O/c1-2-3-4-11-19-17-24(22-15-8-7-14-21(19)22)25(26)23-16-9-12-18-10-5-6-13-20(18)23/h5-10,12-17,19H,2-4,11H2,1H3. The minimum absolute atomic E-state index is 0.146. The summed E-state index contributed by atoms with van der Waals surface area (Å²) in [6.45, 7) is 2.23. The van der Waals surface area contributed by atoms with E-state index in [0.29, 0.717) is 5.92 Å². The summed E-state index contributed by atoms with van der Waals surface area (Å²) in [5.41, 5.74) is 4.11. The Hall–Kier alpha value is -2.67. The van der Waals surface area contributed by atoms with E-state index in [1.54, 1.807) is 0 Å². The first-order valence-electron chi connectivity index (χ1n) is 9.63. The number of hydrogen-bond acceptors (Lipinski definition) is 1. The van der Waals surface area contributed by atoms with Gasteiger partial charge in [0.1, 0.15) is 0 Å². The number of carbonyl (C=O) groups is 1. The van der Waals surface area contributed by atoms with E-state index in [-0.39, 0.29) is 5.78 Å². The number of hydrogen-bond donors (Lipinski definition) is 0. The highest BCUT2D eigenvalue weighted by Crippen LogP contribution is 2.40. The molecule has 0 saturated heterocycles. The second-order valence-electron chi connectivity index (χ2n) is 7.13. The Labute approximate surface area is 155 Å². The maximum Gasteiger partial charge on any atom is 0.193 e. The summed E-state index contributed by atoms with van der Waals surface area (Å²) in [4.78, 5) is 13.4. The Morgan fingerprint density at radius 3 is 2.54 bits per heavy atom. The summed E-state index contributed by atoms with van der Waals surface area (Å²) >= 11 is 0. The highest BCUT2D eigenvalue weighted by molar-refractivity contribution is 6.33. The van der Waals surface area contributed by atoms with Crippen LogP contribution in [0.5, 0.6) is 0 Å². The molecule has 0 heterocycles. The lowest BCUT2D eigenvalue weighted by molar-refractivity contribution is 0.105. The Bertz CT molecular complexity index is 975. The van der Waals surface area contributed by atoms with Crippen LogP contribution in [-0.2, 0) is 0 Å². The third-order valence-corrected chi connectivity index (χ3v) is 5.42. The van der Waals surface area contributed by atoms with Gasteiger partial charge in [-0.25, -0.2) is 0 Å². The lowest BCUT2D eigenvalue weighted by atomic mass is 9.93. The number of Topliss-reactive ketones (excluding diaryl/α,β-unsaturated/α-hetero) is 1. The zero-order chi connectivity index (χ0) is 17.9. The van der Waals surface area contributed by atoms with Crippen molar-refractivity contribution >= 4 is 22.1 Å². The smallest absolute Gasteiger partial charge is 0.193 e. The minimum Gasteiger partial charge on any atom is -0.289 e. The van der Waals surface area contributed by atoms with Crippen molar-refractivity contribution in [1.82, 2.24) is 0 Å². The maximum absolute atomic E-state index is 13.4. The second-order valence-corrected chi connectivity index (χ2v) is 7.13. The molecule has 1 aliphatic carbocycles. The number of fused-ring (bicyclic) bond motifs is 2. The molecule has 0 aliphatic heterocycles. The fourth-order valence-electron chi connectivity index (χ4n) is 4.07.